The number of carbonyl (C=O) groups excluding carboxylic acids is 3. The van der Waals surface area contributed by atoms with E-state index in [4.69, 9.17) is 9.47 Å². The third-order valence-corrected chi connectivity index (χ3v) is 8.05. The predicted molar refractivity (Wildman–Crippen MR) is 171 cm³/mol. The fraction of sp³-hybridized carbons (Fsp3) is 0.412. The van der Waals surface area contributed by atoms with Crippen molar-refractivity contribution in [2.24, 2.45) is 5.41 Å². The van der Waals surface area contributed by atoms with Gasteiger partial charge in [0, 0.05) is 63.8 Å². The van der Waals surface area contributed by atoms with Crippen LogP contribution >= 0.6 is 0 Å². The number of nitrogens with one attached hydrogen (secondary N) is 1. The number of rotatable bonds is 13. The summed E-state index contributed by atoms with van der Waals surface area (Å²) in [7, 11) is 5.08. The van der Waals surface area contributed by atoms with Gasteiger partial charge in [-0.15, -0.1) is 0 Å². The topological polar surface area (TPSA) is 104 Å². The molecule has 1 unspecified atom stereocenters. The van der Waals surface area contributed by atoms with Gasteiger partial charge >= 0.3 is 0 Å². The molecule has 3 amide bonds. The van der Waals surface area contributed by atoms with Crippen LogP contribution in [0.1, 0.15) is 55.6 Å². The minimum Gasteiger partial charge on any atom is -0.497 e. The summed E-state index contributed by atoms with van der Waals surface area (Å²) < 4.78 is 11.4. The molecule has 0 radical (unpaired) electrons. The lowest BCUT2D eigenvalue weighted by Gasteiger charge is -2.27. The molecule has 0 saturated carbocycles. The molecule has 10 heteroatoms. The summed E-state index contributed by atoms with van der Waals surface area (Å²) in [6.45, 7) is 7.31. The van der Waals surface area contributed by atoms with E-state index in [1.807, 2.05) is 49.4 Å². The molecule has 4 rings (SSSR count). The highest BCUT2D eigenvalue weighted by Crippen LogP contribution is 2.40. The first kappa shape index (κ1) is 32.5. The van der Waals surface area contributed by atoms with Crippen LogP contribution in [-0.4, -0.2) is 75.1 Å². The number of fused-ring (bicyclic) bond motifs is 1. The van der Waals surface area contributed by atoms with Crippen molar-refractivity contribution in [3.63, 3.8) is 0 Å². The monoisotopic (exact) mass is 601 g/mol. The predicted octanol–water partition coefficient (Wildman–Crippen LogP) is 4.71. The molecule has 0 saturated heterocycles. The number of amides is 3. The number of pyridine rings is 1. The summed E-state index contributed by atoms with van der Waals surface area (Å²) in [6, 6.07) is 16.7. The van der Waals surface area contributed by atoms with Crippen molar-refractivity contribution in [2.75, 3.05) is 57.2 Å². The van der Waals surface area contributed by atoms with E-state index < -0.39 is 5.41 Å². The van der Waals surface area contributed by atoms with Crippen LogP contribution in [0.5, 0.6) is 11.5 Å². The zero-order valence-corrected chi connectivity index (χ0v) is 26.5. The third kappa shape index (κ3) is 7.19. The summed E-state index contributed by atoms with van der Waals surface area (Å²) in [4.78, 5) is 48.3. The molecule has 2 aromatic carbocycles. The average Bonchev–Trinajstić information content (AvgIpc) is 3.09. The summed E-state index contributed by atoms with van der Waals surface area (Å²) >= 11 is 0. The van der Waals surface area contributed by atoms with E-state index in [1.54, 1.807) is 74.3 Å². The quantitative estimate of drug-likeness (QED) is 0.224. The lowest BCUT2D eigenvalue weighted by molar-refractivity contribution is -0.137. The van der Waals surface area contributed by atoms with Gasteiger partial charge in [-0.25, -0.2) is 0 Å². The van der Waals surface area contributed by atoms with E-state index in [-0.39, 0.29) is 23.8 Å². The van der Waals surface area contributed by atoms with Gasteiger partial charge in [0.2, 0.25) is 11.8 Å². The first-order valence-electron chi connectivity index (χ1n) is 15.0. The largest absolute Gasteiger partial charge is 0.497 e. The Balaban J connectivity index is 1.36. The van der Waals surface area contributed by atoms with Crippen molar-refractivity contribution in [3.05, 3.63) is 78.1 Å². The minimum atomic E-state index is -1.16. The number of aromatic nitrogens is 1. The van der Waals surface area contributed by atoms with E-state index in [2.05, 4.69) is 10.3 Å². The van der Waals surface area contributed by atoms with E-state index in [0.717, 1.165) is 18.4 Å². The highest BCUT2D eigenvalue weighted by atomic mass is 16.5. The van der Waals surface area contributed by atoms with Gasteiger partial charge < -0.3 is 29.5 Å². The Morgan fingerprint density at radius 2 is 1.77 bits per heavy atom. The van der Waals surface area contributed by atoms with Gasteiger partial charge in [0.05, 0.1) is 25.1 Å². The lowest BCUT2D eigenvalue weighted by atomic mass is 9.90. The summed E-state index contributed by atoms with van der Waals surface area (Å²) in [5.41, 5.74) is 1.89. The van der Waals surface area contributed by atoms with Crippen LogP contribution in [0.15, 0.2) is 67.0 Å². The van der Waals surface area contributed by atoms with Crippen LogP contribution in [0.25, 0.3) is 0 Å². The normalized spacial score (nSPS) is 15.0. The van der Waals surface area contributed by atoms with Gasteiger partial charge in [0.1, 0.15) is 16.9 Å². The smallest absolute Gasteiger partial charge is 0.253 e. The molecule has 0 spiro atoms. The van der Waals surface area contributed by atoms with Crippen LogP contribution < -0.4 is 24.6 Å². The summed E-state index contributed by atoms with van der Waals surface area (Å²) in [5.74, 6) is 0.754. The summed E-state index contributed by atoms with van der Waals surface area (Å²) in [5, 5.41) is 3.59. The van der Waals surface area contributed by atoms with Crippen LogP contribution in [0.2, 0.25) is 0 Å². The Labute approximate surface area is 260 Å². The first-order chi connectivity index (χ1) is 21.1. The van der Waals surface area contributed by atoms with Crippen molar-refractivity contribution < 1.29 is 23.9 Å². The van der Waals surface area contributed by atoms with Crippen LogP contribution in [0, 0.1) is 5.41 Å². The molecule has 0 aliphatic carbocycles. The van der Waals surface area contributed by atoms with Gasteiger partial charge in [-0.3, -0.25) is 19.4 Å². The SMILES string of the molecule is CCN1C(=O)C(C)(C)C(=O)N(C)c2cc(OCCCC(NCCN(C)C(=O)c3cccc(OC)c3)c3ccncc3)ccc21. The molecule has 0 bridgehead atoms. The van der Waals surface area contributed by atoms with Crippen LogP contribution in [-0.2, 0) is 9.59 Å². The maximum atomic E-state index is 13.1. The molecule has 3 aromatic rings. The Hall–Kier alpha value is -4.44. The second kappa shape index (κ2) is 14.4. The number of anilines is 2. The molecule has 10 nitrogen and oxygen atoms in total. The number of likely N-dealkylation sites (N-methyl/N-ethyl adjacent to an activating group) is 1. The Bertz CT molecular complexity index is 1460. The molecule has 1 aromatic heterocycles. The fourth-order valence-corrected chi connectivity index (χ4v) is 5.42. The fourth-order valence-electron chi connectivity index (χ4n) is 5.42. The molecule has 1 N–H and O–H groups in total. The zero-order chi connectivity index (χ0) is 31.9. The average molecular weight is 602 g/mol. The van der Waals surface area contributed by atoms with Crippen LogP contribution in [0.4, 0.5) is 11.4 Å². The molecule has 1 aliphatic rings. The number of carbonyl (C=O) groups is 3. The van der Waals surface area contributed by atoms with Gasteiger partial charge in [0.15, 0.2) is 0 Å². The van der Waals surface area contributed by atoms with Crippen LogP contribution in [0.3, 0.4) is 0 Å². The molecule has 44 heavy (non-hydrogen) atoms. The van der Waals surface area contributed by atoms with Gasteiger partial charge in [0.25, 0.3) is 5.91 Å². The number of methoxy groups -OCH3 is 1. The molecule has 0 fully saturated rings. The summed E-state index contributed by atoms with van der Waals surface area (Å²) in [6.07, 6.45) is 5.11. The second-order valence-electron chi connectivity index (χ2n) is 11.4. The number of ether oxygens (including phenoxy) is 2. The second-order valence-corrected chi connectivity index (χ2v) is 11.4. The standard InChI is InChI=1S/C34H43N5O5/c1-7-39-29-14-13-27(23-30(29)38(5)32(41)34(2,3)33(39)42)44-21-9-12-28(24-15-17-35-18-16-24)36-19-20-37(4)31(40)25-10-8-11-26(22-25)43-6/h8,10-11,13-18,22-23,28,36H,7,9,12,19-21H2,1-6H3. The van der Waals surface area contributed by atoms with E-state index in [0.29, 0.717) is 54.7 Å². The molecule has 1 aliphatic heterocycles. The zero-order valence-electron chi connectivity index (χ0n) is 26.5. The van der Waals surface area contributed by atoms with Gasteiger partial charge in [-0.05, 0) is 81.6 Å². The highest BCUT2D eigenvalue weighted by molar-refractivity contribution is 6.20. The number of nitrogens with zero attached hydrogens (tertiary/aromatic N) is 4. The maximum Gasteiger partial charge on any atom is 0.253 e. The Kier molecular flexibility index (Phi) is 10.6. The van der Waals surface area contributed by atoms with Gasteiger partial charge in [-0.2, -0.15) is 0 Å². The number of hydrogen-bond donors (Lipinski definition) is 1. The van der Waals surface area contributed by atoms with Crippen molar-refractivity contribution in [3.8, 4) is 11.5 Å². The molecular formula is C34H43N5O5. The lowest BCUT2D eigenvalue weighted by Crippen LogP contribution is -2.47. The van der Waals surface area contributed by atoms with Crippen molar-refractivity contribution in [2.45, 2.75) is 39.7 Å². The number of benzene rings is 2. The Morgan fingerprint density at radius 3 is 2.48 bits per heavy atom. The molecule has 2 heterocycles. The van der Waals surface area contributed by atoms with Crippen molar-refractivity contribution >= 4 is 29.1 Å². The van der Waals surface area contributed by atoms with Crippen molar-refractivity contribution in [1.29, 1.82) is 0 Å². The highest BCUT2D eigenvalue weighted by Gasteiger charge is 2.45. The first-order valence-corrected chi connectivity index (χ1v) is 15.0. The van der Waals surface area contributed by atoms with E-state index >= 15 is 0 Å². The maximum absolute atomic E-state index is 13.1. The Morgan fingerprint density at radius 1 is 1.02 bits per heavy atom. The van der Waals surface area contributed by atoms with Crippen molar-refractivity contribution in [1.82, 2.24) is 15.2 Å². The van der Waals surface area contributed by atoms with E-state index in [9.17, 15) is 14.4 Å². The molecule has 1 atom stereocenters. The number of hydrogen-bond acceptors (Lipinski definition) is 7. The molecule has 234 valence electrons. The minimum absolute atomic E-state index is 0.0454. The molecular weight excluding hydrogens is 558 g/mol. The van der Waals surface area contributed by atoms with E-state index in [1.165, 1.54) is 0 Å². The van der Waals surface area contributed by atoms with Gasteiger partial charge in [-0.1, -0.05) is 6.07 Å². The third-order valence-electron chi connectivity index (χ3n) is 8.05.